The SMILES string of the molecule is CNc1ccc([N+](=O)[O-])c(C(=O)NCc2cn[nH]c2)c1. The van der Waals surface area contributed by atoms with Gasteiger partial charge in [0.25, 0.3) is 11.6 Å². The van der Waals surface area contributed by atoms with Gasteiger partial charge in [0.05, 0.1) is 11.1 Å². The summed E-state index contributed by atoms with van der Waals surface area (Å²) < 4.78 is 0. The lowest BCUT2D eigenvalue weighted by atomic mass is 10.1. The van der Waals surface area contributed by atoms with Gasteiger partial charge < -0.3 is 10.6 Å². The molecule has 1 aromatic carbocycles. The molecule has 0 aliphatic rings. The molecule has 0 saturated carbocycles. The van der Waals surface area contributed by atoms with Crippen LogP contribution in [0.25, 0.3) is 0 Å². The summed E-state index contributed by atoms with van der Waals surface area (Å²) in [7, 11) is 1.67. The minimum absolute atomic E-state index is 0.0188. The van der Waals surface area contributed by atoms with Crippen LogP contribution >= 0.6 is 0 Å². The zero-order valence-corrected chi connectivity index (χ0v) is 10.7. The number of aromatic nitrogens is 2. The number of hydrogen-bond donors (Lipinski definition) is 3. The van der Waals surface area contributed by atoms with Crippen molar-refractivity contribution in [3.05, 3.63) is 51.8 Å². The Bertz CT molecular complexity index is 624. The summed E-state index contributed by atoms with van der Waals surface area (Å²) >= 11 is 0. The summed E-state index contributed by atoms with van der Waals surface area (Å²) in [5.41, 5.74) is 1.20. The van der Waals surface area contributed by atoms with Gasteiger partial charge in [0, 0.05) is 37.1 Å². The van der Waals surface area contributed by atoms with Gasteiger partial charge in [0.15, 0.2) is 0 Å². The Morgan fingerprint density at radius 3 is 2.90 bits per heavy atom. The Morgan fingerprint density at radius 2 is 2.30 bits per heavy atom. The van der Waals surface area contributed by atoms with Crippen LogP contribution in [0.3, 0.4) is 0 Å². The van der Waals surface area contributed by atoms with Crippen LogP contribution in [0.5, 0.6) is 0 Å². The minimum atomic E-state index is -0.577. The van der Waals surface area contributed by atoms with E-state index >= 15 is 0 Å². The fourth-order valence-electron chi connectivity index (χ4n) is 1.68. The normalized spacial score (nSPS) is 10.1. The van der Waals surface area contributed by atoms with Crippen molar-refractivity contribution in [2.75, 3.05) is 12.4 Å². The highest BCUT2D eigenvalue weighted by molar-refractivity contribution is 5.99. The highest BCUT2D eigenvalue weighted by Crippen LogP contribution is 2.22. The summed E-state index contributed by atoms with van der Waals surface area (Å²) in [5, 5.41) is 22.8. The number of hydrogen-bond acceptors (Lipinski definition) is 5. The summed E-state index contributed by atoms with van der Waals surface area (Å²) in [4.78, 5) is 22.4. The van der Waals surface area contributed by atoms with Gasteiger partial charge in [-0.1, -0.05) is 0 Å². The Hall–Kier alpha value is -2.90. The predicted molar refractivity (Wildman–Crippen MR) is 72.4 cm³/mol. The number of nitro benzene ring substituents is 1. The first kappa shape index (κ1) is 13.5. The van der Waals surface area contributed by atoms with Crippen molar-refractivity contribution in [2.24, 2.45) is 0 Å². The number of H-pyrrole nitrogens is 1. The maximum Gasteiger partial charge on any atom is 0.282 e. The average molecular weight is 275 g/mol. The molecule has 0 unspecified atom stereocenters. The van der Waals surface area contributed by atoms with E-state index in [0.717, 1.165) is 5.56 Å². The summed E-state index contributed by atoms with van der Waals surface area (Å²) in [5.74, 6) is -0.505. The third kappa shape index (κ3) is 2.91. The fourth-order valence-corrected chi connectivity index (χ4v) is 1.68. The average Bonchev–Trinajstić information content (AvgIpc) is 2.97. The van der Waals surface area contributed by atoms with Crippen LogP contribution in [0.2, 0.25) is 0 Å². The molecule has 3 N–H and O–H groups in total. The lowest BCUT2D eigenvalue weighted by Gasteiger charge is -2.07. The van der Waals surface area contributed by atoms with Gasteiger partial charge in [-0.2, -0.15) is 5.10 Å². The van der Waals surface area contributed by atoms with E-state index in [4.69, 9.17) is 0 Å². The molecule has 1 amide bonds. The first-order valence-electron chi connectivity index (χ1n) is 5.84. The molecule has 0 aliphatic heterocycles. The Labute approximate surface area is 114 Å². The number of aromatic amines is 1. The second-order valence-electron chi connectivity index (χ2n) is 4.03. The monoisotopic (exact) mass is 275 g/mol. The first-order valence-corrected chi connectivity index (χ1v) is 5.84. The Morgan fingerprint density at radius 1 is 1.50 bits per heavy atom. The van der Waals surface area contributed by atoms with Crippen molar-refractivity contribution in [2.45, 2.75) is 6.54 Å². The van der Waals surface area contributed by atoms with Gasteiger partial charge in [-0.3, -0.25) is 20.0 Å². The quantitative estimate of drug-likeness (QED) is 0.562. The van der Waals surface area contributed by atoms with Crippen molar-refractivity contribution in [3.8, 4) is 0 Å². The van der Waals surface area contributed by atoms with Gasteiger partial charge in [0.1, 0.15) is 5.56 Å². The van der Waals surface area contributed by atoms with Crippen LogP contribution in [-0.2, 0) is 6.54 Å². The van der Waals surface area contributed by atoms with Crippen LogP contribution in [0.4, 0.5) is 11.4 Å². The van der Waals surface area contributed by atoms with Gasteiger partial charge in [0.2, 0.25) is 0 Å². The lowest BCUT2D eigenvalue weighted by molar-refractivity contribution is -0.385. The van der Waals surface area contributed by atoms with Crippen molar-refractivity contribution in [1.82, 2.24) is 15.5 Å². The molecule has 1 aromatic heterocycles. The molecule has 0 fully saturated rings. The summed E-state index contributed by atoms with van der Waals surface area (Å²) in [6.07, 6.45) is 3.21. The third-order valence-corrected chi connectivity index (χ3v) is 2.73. The number of nitrogens with zero attached hydrogens (tertiary/aromatic N) is 2. The maximum atomic E-state index is 12.1. The molecular weight excluding hydrogens is 262 g/mol. The van der Waals surface area contributed by atoms with Gasteiger partial charge in [-0.15, -0.1) is 0 Å². The standard InChI is InChI=1S/C12H13N5O3/c1-13-9-2-3-11(17(19)20)10(4-9)12(18)14-5-8-6-15-16-7-8/h2-4,6-7,13H,5H2,1H3,(H,14,18)(H,15,16). The van der Waals surface area contributed by atoms with Crippen LogP contribution in [0, 0.1) is 10.1 Å². The van der Waals surface area contributed by atoms with E-state index in [0.29, 0.717) is 5.69 Å². The Kier molecular flexibility index (Phi) is 3.94. The number of benzene rings is 1. The van der Waals surface area contributed by atoms with E-state index in [1.807, 2.05) is 0 Å². The van der Waals surface area contributed by atoms with Crippen molar-refractivity contribution in [1.29, 1.82) is 0 Å². The van der Waals surface area contributed by atoms with Crippen LogP contribution in [-0.4, -0.2) is 28.1 Å². The molecule has 0 aliphatic carbocycles. The molecule has 0 saturated heterocycles. The highest BCUT2D eigenvalue weighted by atomic mass is 16.6. The van der Waals surface area contributed by atoms with Crippen molar-refractivity contribution >= 4 is 17.3 Å². The molecule has 8 heteroatoms. The molecule has 20 heavy (non-hydrogen) atoms. The second-order valence-corrected chi connectivity index (χ2v) is 4.03. The molecule has 0 bridgehead atoms. The topological polar surface area (TPSA) is 113 Å². The maximum absolute atomic E-state index is 12.1. The number of amides is 1. The third-order valence-electron chi connectivity index (χ3n) is 2.73. The highest BCUT2D eigenvalue weighted by Gasteiger charge is 2.20. The van der Waals surface area contributed by atoms with Crippen LogP contribution in [0.15, 0.2) is 30.6 Å². The number of anilines is 1. The number of carbonyl (C=O) groups is 1. The van der Waals surface area contributed by atoms with Gasteiger partial charge >= 0.3 is 0 Å². The van der Waals surface area contributed by atoms with E-state index in [1.165, 1.54) is 12.1 Å². The molecular formula is C12H13N5O3. The van der Waals surface area contributed by atoms with E-state index in [2.05, 4.69) is 20.8 Å². The summed E-state index contributed by atoms with van der Waals surface area (Å²) in [6.45, 7) is 0.246. The van der Waals surface area contributed by atoms with Crippen molar-refractivity contribution < 1.29 is 9.72 Å². The van der Waals surface area contributed by atoms with E-state index in [1.54, 1.807) is 25.5 Å². The lowest BCUT2D eigenvalue weighted by Crippen LogP contribution is -2.23. The number of carbonyl (C=O) groups excluding carboxylic acids is 1. The number of nitrogens with one attached hydrogen (secondary N) is 3. The molecule has 2 rings (SSSR count). The van der Waals surface area contributed by atoms with Crippen LogP contribution in [0.1, 0.15) is 15.9 Å². The van der Waals surface area contributed by atoms with Gasteiger partial charge in [-0.25, -0.2) is 0 Å². The molecule has 1 heterocycles. The van der Waals surface area contributed by atoms with Gasteiger partial charge in [-0.05, 0) is 12.1 Å². The largest absolute Gasteiger partial charge is 0.388 e. The van der Waals surface area contributed by atoms with Crippen molar-refractivity contribution in [3.63, 3.8) is 0 Å². The molecule has 2 aromatic rings. The number of nitro groups is 1. The van der Waals surface area contributed by atoms with Crippen LogP contribution < -0.4 is 10.6 Å². The zero-order valence-electron chi connectivity index (χ0n) is 10.7. The molecule has 104 valence electrons. The van der Waals surface area contributed by atoms with E-state index in [9.17, 15) is 14.9 Å². The fraction of sp³-hybridized carbons (Fsp3) is 0.167. The second kappa shape index (κ2) is 5.83. The molecule has 0 atom stereocenters. The zero-order chi connectivity index (χ0) is 14.5. The van der Waals surface area contributed by atoms with E-state index in [-0.39, 0.29) is 17.8 Å². The Balaban J connectivity index is 2.20. The number of rotatable bonds is 5. The van der Waals surface area contributed by atoms with E-state index < -0.39 is 10.8 Å². The molecule has 0 spiro atoms. The molecule has 0 radical (unpaired) electrons. The minimum Gasteiger partial charge on any atom is -0.388 e. The first-order chi connectivity index (χ1) is 9.61. The smallest absolute Gasteiger partial charge is 0.282 e. The summed E-state index contributed by atoms with van der Waals surface area (Å²) in [6, 6.07) is 4.30. The predicted octanol–water partition coefficient (Wildman–Crippen LogP) is 1.29. The molecule has 8 nitrogen and oxygen atoms in total.